The molecular weight excluding hydrogens is 360 g/mol. The fraction of sp³-hybridized carbons (Fsp3) is 0.222. The van der Waals surface area contributed by atoms with Crippen LogP contribution in [0.3, 0.4) is 0 Å². The molecule has 124 valence electrons. The Morgan fingerprint density at radius 2 is 2.04 bits per heavy atom. The Morgan fingerprint density at radius 1 is 1.29 bits per heavy atom. The minimum absolute atomic E-state index is 0.0202. The van der Waals surface area contributed by atoms with Crippen molar-refractivity contribution in [1.82, 2.24) is 4.98 Å². The molecular formula is C18H17ClN2OS2. The molecule has 0 saturated heterocycles. The van der Waals surface area contributed by atoms with Gasteiger partial charge in [0, 0.05) is 9.92 Å². The van der Waals surface area contributed by atoms with Crippen molar-refractivity contribution >= 4 is 56.0 Å². The normalized spacial score (nSPS) is 12.3. The number of carbonyl (C=O) groups is 1. The van der Waals surface area contributed by atoms with Crippen molar-refractivity contribution in [2.45, 2.75) is 30.4 Å². The fourth-order valence-corrected chi connectivity index (χ4v) is 4.32. The molecule has 1 aromatic heterocycles. The van der Waals surface area contributed by atoms with Crippen molar-refractivity contribution in [3.8, 4) is 0 Å². The molecule has 3 nitrogen and oxygen atoms in total. The second-order valence-corrected chi connectivity index (χ2v) is 8.19. The van der Waals surface area contributed by atoms with Crippen LogP contribution in [-0.4, -0.2) is 16.1 Å². The van der Waals surface area contributed by atoms with Gasteiger partial charge in [-0.25, -0.2) is 4.98 Å². The molecule has 0 aliphatic carbocycles. The molecule has 0 fully saturated rings. The minimum atomic E-state index is -0.167. The predicted octanol–water partition coefficient (Wildman–Crippen LogP) is 5.77. The van der Waals surface area contributed by atoms with Crippen LogP contribution in [0, 0.1) is 6.92 Å². The van der Waals surface area contributed by atoms with E-state index in [-0.39, 0.29) is 11.2 Å². The van der Waals surface area contributed by atoms with E-state index < -0.39 is 0 Å². The molecule has 1 amide bonds. The van der Waals surface area contributed by atoms with Crippen LogP contribution < -0.4 is 5.32 Å². The summed E-state index contributed by atoms with van der Waals surface area (Å²) < 4.78 is 1.09. The zero-order valence-electron chi connectivity index (χ0n) is 13.4. The number of aryl methyl sites for hydroxylation is 1. The number of fused-ring (bicyclic) bond motifs is 1. The van der Waals surface area contributed by atoms with E-state index in [1.54, 1.807) is 11.8 Å². The molecule has 24 heavy (non-hydrogen) atoms. The van der Waals surface area contributed by atoms with Crippen molar-refractivity contribution < 1.29 is 4.79 Å². The highest BCUT2D eigenvalue weighted by Crippen LogP contribution is 2.30. The number of thioether (sulfide) groups is 1. The Labute approximate surface area is 154 Å². The SMILES string of the molecule is CCC(Sc1ccc(Cl)cc1)C(=O)Nc1nc2ccc(C)cc2s1. The number of thiazole rings is 1. The summed E-state index contributed by atoms with van der Waals surface area (Å²) in [7, 11) is 0. The number of hydrogen-bond donors (Lipinski definition) is 1. The molecule has 0 radical (unpaired) electrons. The van der Waals surface area contributed by atoms with Crippen LogP contribution >= 0.6 is 34.7 Å². The van der Waals surface area contributed by atoms with Crippen molar-refractivity contribution in [2.75, 3.05) is 5.32 Å². The van der Waals surface area contributed by atoms with Crippen molar-refractivity contribution in [3.05, 3.63) is 53.1 Å². The van der Waals surface area contributed by atoms with E-state index in [9.17, 15) is 4.79 Å². The molecule has 0 aliphatic heterocycles. The van der Waals surface area contributed by atoms with E-state index in [1.807, 2.05) is 50.2 Å². The summed E-state index contributed by atoms with van der Waals surface area (Å²) in [5, 5.41) is 4.13. The number of anilines is 1. The third-order valence-electron chi connectivity index (χ3n) is 3.53. The molecule has 0 bridgehead atoms. The summed E-state index contributed by atoms with van der Waals surface area (Å²) in [5.41, 5.74) is 2.10. The smallest absolute Gasteiger partial charge is 0.239 e. The molecule has 3 rings (SSSR count). The summed E-state index contributed by atoms with van der Waals surface area (Å²) in [5.74, 6) is -0.0202. The lowest BCUT2D eigenvalue weighted by Crippen LogP contribution is -2.24. The first kappa shape index (κ1) is 17.3. The predicted molar refractivity (Wildman–Crippen MR) is 104 cm³/mol. The highest BCUT2D eigenvalue weighted by molar-refractivity contribution is 8.00. The first-order chi connectivity index (χ1) is 11.5. The van der Waals surface area contributed by atoms with Crippen LogP contribution in [0.4, 0.5) is 5.13 Å². The van der Waals surface area contributed by atoms with E-state index in [2.05, 4.69) is 16.4 Å². The van der Waals surface area contributed by atoms with E-state index in [0.29, 0.717) is 10.2 Å². The summed E-state index contributed by atoms with van der Waals surface area (Å²) in [4.78, 5) is 18.1. The number of rotatable bonds is 5. The second kappa shape index (κ2) is 7.55. The topological polar surface area (TPSA) is 42.0 Å². The Hall–Kier alpha value is -1.56. The van der Waals surface area contributed by atoms with Crippen LogP contribution in [0.2, 0.25) is 5.02 Å². The van der Waals surface area contributed by atoms with Crippen molar-refractivity contribution in [1.29, 1.82) is 0 Å². The van der Waals surface area contributed by atoms with Gasteiger partial charge in [-0.2, -0.15) is 0 Å². The average molecular weight is 377 g/mol. The molecule has 0 aliphatic rings. The van der Waals surface area contributed by atoms with Crippen LogP contribution in [-0.2, 0) is 4.79 Å². The lowest BCUT2D eigenvalue weighted by molar-refractivity contribution is -0.115. The molecule has 0 saturated carbocycles. The van der Waals surface area contributed by atoms with Gasteiger partial charge in [-0.1, -0.05) is 35.9 Å². The molecule has 3 aromatic rings. The summed E-state index contributed by atoms with van der Waals surface area (Å²) >= 11 is 8.95. The summed E-state index contributed by atoms with van der Waals surface area (Å²) in [6.45, 7) is 4.06. The Bertz CT molecular complexity index is 861. The van der Waals surface area contributed by atoms with Gasteiger partial charge < -0.3 is 5.32 Å². The summed E-state index contributed by atoms with van der Waals surface area (Å²) in [6.07, 6.45) is 0.739. The van der Waals surface area contributed by atoms with Crippen molar-refractivity contribution in [3.63, 3.8) is 0 Å². The van der Waals surface area contributed by atoms with Gasteiger partial charge >= 0.3 is 0 Å². The van der Waals surface area contributed by atoms with Crippen molar-refractivity contribution in [2.24, 2.45) is 0 Å². The maximum absolute atomic E-state index is 12.6. The molecule has 1 N–H and O–H groups in total. The quantitative estimate of drug-likeness (QED) is 0.575. The lowest BCUT2D eigenvalue weighted by atomic mass is 10.2. The number of hydrogen-bond acceptors (Lipinski definition) is 4. The van der Waals surface area contributed by atoms with E-state index in [1.165, 1.54) is 16.9 Å². The van der Waals surface area contributed by atoms with Gasteiger partial charge in [0.15, 0.2) is 5.13 Å². The maximum atomic E-state index is 12.6. The molecule has 1 heterocycles. The first-order valence-electron chi connectivity index (χ1n) is 7.65. The number of halogens is 1. The number of nitrogens with one attached hydrogen (secondary N) is 1. The minimum Gasteiger partial charge on any atom is -0.301 e. The monoisotopic (exact) mass is 376 g/mol. The van der Waals surface area contributed by atoms with Gasteiger partial charge in [-0.3, -0.25) is 4.79 Å². The first-order valence-corrected chi connectivity index (χ1v) is 9.73. The average Bonchev–Trinajstić information content (AvgIpc) is 2.95. The van der Waals surface area contributed by atoms with Crippen LogP contribution in [0.5, 0.6) is 0 Å². The number of carbonyl (C=O) groups excluding carboxylic acids is 1. The van der Waals surface area contributed by atoms with Gasteiger partial charge in [0.05, 0.1) is 15.5 Å². The van der Waals surface area contributed by atoms with Gasteiger partial charge in [0.1, 0.15) is 0 Å². The number of benzene rings is 2. The number of aromatic nitrogens is 1. The standard InChI is InChI=1S/C18H17ClN2OS2/c1-3-15(23-13-7-5-12(19)6-8-13)17(22)21-18-20-14-9-4-11(2)10-16(14)24-18/h4-10,15H,3H2,1-2H3,(H,20,21,22). The third kappa shape index (κ3) is 4.09. The lowest BCUT2D eigenvalue weighted by Gasteiger charge is -2.13. The third-order valence-corrected chi connectivity index (χ3v) is 6.09. The Morgan fingerprint density at radius 3 is 2.75 bits per heavy atom. The van der Waals surface area contributed by atoms with Crippen LogP contribution in [0.15, 0.2) is 47.4 Å². The van der Waals surface area contributed by atoms with Gasteiger partial charge in [-0.05, 0) is 55.3 Å². The highest BCUT2D eigenvalue weighted by Gasteiger charge is 2.19. The number of nitrogens with zero attached hydrogens (tertiary/aromatic N) is 1. The largest absolute Gasteiger partial charge is 0.301 e. The zero-order chi connectivity index (χ0) is 17.1. The highest BCUT2D eigenvalue weighted by atomic mass is 35.5. The molecule has 1 atom stereocenters. The second-order valence-electron chi connectivity index (χ2n) is 5.45. The van der Waals surface area contributed by atoms with E-state index >= 15 is 0 Å². The summed E-state index contributed by atoms with van der Waals surface area (Å²) in [6, 6.07) is 13.6. The fourth-order valence-electron chi connectivity index (χ4n) is 2.27. The van der Waals surface area contributed by atoms with Gasteiger partial charge in [0.25, 0.3) is 0 Å². The maximum Gasteiger partial charge on any atom is 0.239 e. The van der Waals surface area contributed by atoms with Gasteiger partial charge in [0.2, 0.25) is 5.91 Å². The van der Waals surface area contributed by atoms with E-state index in [0.717, 1.165) is 21.5 Å². The molecule has 1 unspecified atom stereocenters. The molecule has 0 spiro atoms. The Kier molecular flexibility index (Phi) is 5.43. The molecule has 6 heteroatoms. The van der Waals surface area contributed by atoms with Crippen LogP contribution in [0.1, 0.15) is 18.9 Å². The van der Waals surface area contributed by atoms with Crippen LogP contribution in [0.25, 0.3) is 10.2 Å². The zero-order valence-corrected chi connectivity index (χ0v) is 15.8. The van der Waals surface area contributed by atoms with E-state index in [4.69, 9.17) is 11.6 Å². The Balaban J connectivity index is 1.72. The van der Waals surface area contributed by atoms with Gasteiger partial charge in [-0.15, -0.1) is 11.8 Å². The molecule has 2 aromatic carbocycles. The number of amides is 1.